The third kappa shape index (κ3) is 4.70. The lowest BCUT2D eigenvalue weighted by molar-refractivity contribution is 0.669. The second-order valence-electron chi connectivity index (χ2n) is 12.6. The maximum absolute atomic E-state index is 6.21. The minimum absolute atomic E-state index is 0.916. The van der Waals surface area contributed by atoms with Gasteiger partial charge in [-0.15, -0.1) is 11.3 Å². The van der Waals surface area contributed by atoms with Crippen LogP contribution >= 0.6 is 11.3 Å². The standard InChI is InChI=1S/C46H29NOS/c1-2-9-30(10-3-1)31-17-22-35(23-18-31)47(37-26-21-33-29-43-41(28-34(33)27-37)39-11-4-6-14-42(39)48-43)36-24-19-32(20-25-36)38-13-8-16-45-46(38)40-12-5-7-15-44(40)49-45/h1-29H. The van der Waals surface area contributed by atoms with Crippen LogP contribution in [0.4, 0.5) is 17.1 Å². The van der Waals surface area contributed by atoms with E-state index in [2.05, 4.69) is 169 Å². The number of hydrogen-bond acceptors (Lipinski definition) is 3. The molecule has 3 heteroatoms. The molecule has 8 aromatic carbocycles. The van der Waals surface area contributed by atoms with Gasteiger partial charge in [-0.25, -0.2) is 0 Å². The number of benzene rings is 8. The smallest absolute Gasteiger partial charge is 0.136 e. The number of hydrogen-bond donors (Lipinski definition) is 0. The number of nitrogens with zero attached hydrogens (tertiary/aromatic N) is 1. The van der Waals surface area contributed by atoms with E-state index >= 15 is 0 Å². The fourth-order valence-electron chi connectivity index (χ4n) is 7.28. The Labute approximate surface area is 287 Å². The molecule has 2 aromatic heterocycles. The van der Waals surface area contributed by atoms with Crippen LogP contribution in [0.3, 0.4) is 0 Å². The number of anilines is 3. The Bertz CT molecular complexity index is 2810. The summed E-state index contributed by atoms with van der Waals surface area (Å²) in [4.78, 5) is 2.36. The van der Waals surface area contributed by atoms with Gasteiger partial charge in [-0.3, -0.25) is 0 Å². The summed E-state index contributed by atoms with van der Waals surface area (Å²) in [5, 5.41) is 7.26. The molecule has 0 saturated carbocycles. The maximum Gasteiger partial charge on any atom is 0.136 e. The third-order valence-electron chi connectivity index (χ3n) is 9.65. The van der Waals surface area contributed by atoms with Crippen LogP contribution < -0.4 is 4.90 Å². The highest BCUT2D eigenvalue weighted by molar-refractivity contribution is 7.25. The zero-order valence-corrected chi connectivity index (χ0v) is 27.3. The van der Waals surface area contributed by atoms with Crippen molar-refractivity contribution in [3.05, 3.63) is 176 Å². The van der Waals surface area contributed by atoms with Gasteiger partial charge >= 0.3 is 0 Å². The van der Waals surface area contributed by atoms with E-state index in [0.717, 1.165) is 44.4 Å². The van der Waals surface area contributed by atoms with Crippen LogP contribution in [0.25, 0.3) is 75.1 Å². The zero-order valence-electron chi connectivity index (χ0n) is 26.5. The number of rotatable bonds is 5. The lowest BCUT2D eigenvalue weighted by Gasteiger charge is -2.26. The summed E-state index contributed by atoms with van der Waals surface area (Å²) in [5.41, 5.74) is 10.0. The predicted molar refractivity (Wildman–Crippen MR) is 210 cm³/mol. The lowest BCUT2D eigenvalue weighted by atomic mass is 9.99. The van der Waals surface area contributed by atoms with Crippen LogP contribution in [0, 0.1) is 0 Å². The van der Waals surface area contributed by atoms with Crippen LogP contribution in [0.2, 0.25) is 0 Å². The summed E-state index contributed by atoms with van der Waals surface area (Å²) >= 11 is 1.86. The molecule has 49 heavy (non-hydrogen) atoms. The highest BCUT2D eigenvalue weighted by atomic mass is 32.1. The van der Waals surface area contributed by atoms with Gasteiger partial charge in [-0.1, -0.05) is 109 Å². The van der Waals surface area contributed by atoms with Gasteiger partial charge in [0.25, 0.3) is 0 Å². The normalized spacial score (nSPS) is 11.7. The molecule has 0 saturated heterocycles. The van der Waals surface area contributed by atoms with Gasteiger partial charge < -0.3 is 9.32 Å². The summed E-state index contributed by atoms with van der Waals surface area (Å²) < 4.78 is 8.85. The summed E-state index contributed by atoms with van der Waals surface area (Å²) in [5.74, 6) is 0. The molecule has 2 nitrogen and oxygen atoms in total. The van der Waals surface area contributed by atoms with E-state index < -0.39 is 0 Å². The van der Waals surface area contributed by atoms with E-state index in [0.29, 0.717) is 0 Å². The molecule has 0 bridgehead atoms. The second kappa shape index (κ2) is 11.2. The van der Waals surface area contributed by atoms with Gasteiger partial charge in [-0.2, -0.15) is 0 Å². The Balaban J connectivity index is 1.11. The monoisotopic (exact) mass is 643 g/mol. The highest BCUT2D eigenvalue weighted by Gasteiger charge is 2.16. The molecule has 0 aliphatic carbocycles. The van der Waals surface area contributed by atoms with Crippen molar-refractivity contribution < 1.29 is 4.42 Å². The second-order valence-corrected chi connectivity index (χ2v) is 13.6. The van der Waals surface area contributed by atoms with Crippen LogP contribution in [-0.4, -0.2) is 0 Å². The van der Waals surface area contributed by atoms with Gasteiger partial charge in [-0.05, 0) is 99.8 Å². The van der Waals surface area contributed by atoms with Gasteiger partial charge in [0.2, 0.25) is 0 Å². The van der Waals surface area contributed by atoms with Gasteiger partial charge in [0, 0.05) is 48.0 Å². The molecule has 0 unspecified atom stereocenters. The molecule has 0 spiro atoms. The predicted octanol–water partition coefficient (Wildman–Crippen LogP) is 13.9. The topological polar surface area (TPSA) is 16.4 Å². The fourth-order valence-corrected chi connectivity index (χ4v) is 8.41. The minimum Gasteiger partial charge on any atom is -0.456 e. The summed E-state index contributed by atoms with van der Waals surface area (Å²) in [7, 11) is 0. The third-order valence-corrected chi connectivity index (χ3v) is 10.8. The maximum atomic E-state index is 6.21. The van der Waals surface area contributed by atoms with Crippen molar-refractivity contribution >= 4 is 81.3 Å². The van der Waals surface area contributed by atoms with Gasteiger partial charge in [0.1, 0.15) is 11.2 Å². The summed E-state index contributed by atoms with van der Waals surface area (Å²) in [6.07, 6.45) is 0. The van der Waals surface area contributed by atoms with E-state index in [1.807, 2.05) is 23.5 Å². The molecule has 10 rings (SSSR count). The van der Waals surface area contributed by atoms with E-state index in [-0.39, 0.29) is 0 Å². The lowest BCUT2D eigenvalue weighted by Crippen LogP contribution is -2.09. The molecule has 0 aliphatic rings. The Kier molecular flexibility index (Phi) is 6.39. The fraction of sp³-hybridized carbons (Fsp3) is 0. The molecule has 0 fully saturated rings. The Hall–Kier alpha value is -6.16. The number of para-hydroxylation sites is 1. The molecule has 0 aliphatic heterocycles. The molecule has 0 amide bonds. The molecular weight excluding hydrogens is 615 g/mol. The van der Waals surface area contributed by atoms with Crippen molar-refractivity contribution in [3.63, 3.8) is 0 Å². The van der Waals surface area contributed by atoms with Crippen molar-refractivity contribution in [2.45, 2.75) is 0 Å². The van der Waals surface area contributed by atoms with Gasteiger partial charge in [0.15, 0.2) is 0 Å². The molecule has 0 radical (unpaired) electrons. The number of fused-ring (bicyclic) bond motifs is 7. The SMILES string of the molecule is c1ccc(-c2ccc(N(c3ccc(-c4cccc5sc6ccccc6c45)cc3)c3ccc4cc5oc6ccccc6c5cc4c3)cc2)cc1. The Morgan fingerprint density at radius 1 is 0.388 bits per heavy atom. The van der Waals surface area contributed by atoms with Crippen molar-refractivity contribution in [2.75, 3.05) is 4.90 Å². The van der Waals surface area contributed by atoms with Crippen molar-refractivity contribution in [1.29, 1.82) is 0 Å². The first-order chi connectivity index (χ1) is 24.3. The minimum atomic E-state index is 0.916. The quantitative estimate of drug-likeness (QED) is 0.186. The average Bonchev–Trinajstić information content (AvgIpc) is 3.73. The van der Waals surface area contributed by atoms with E-state index in [1.54, 1.807) is 0 Å². The van der Waals surface area contributed by atoms with Crippen molar-refractivity contribution in [2.24, 2.45) is 0 Å². The van der Waals surface area contributed by atoms with Crippen LogP contribution in [0.1, 0.15) is 0 Å². The first-order valence-corrected chi connectivity index (χ1v) is 17.4. The molecule has 0 N–H and O–H groups in total. The van der Waals surface area contributed by atoms with Crippen molar-refractivity contribution in [1.82, 2.24) is 0 Å². The first-order valence-electron chi connectivity index (χ1n) is 16.6. The molecule has 10 aromatic rings. The van der Waals surface area contributed by atoms with E-state index in [9.17, 15) is 0 Å². The average molecular weight is 644 g/mol. The van der Waals surface area contributed by atoms with Gasteiger partial charge in [0.05, 0.1) is 0 Å². The Morgan fingerprint density at radius 2 is 1.04 bits per heavy atom. The summed E-state index contributed by atoms with van der Waals surface area (Å²) in [6.45, 7) is 0. The molecule has 0 atom stereocenters. The number of furan rings is 1. The molecule has 230 valence electrons. The summed E-state index contributed by atoms with van der Waals surface area (Å²) in [6, 6.07) is 63.3. The largest absolute Gasteiger partial charge is 0.456 e. The first kappa shape index (κ1) is 27.9. The van der Waals surface area contributed by atoms with E-state index in [1.165, 1.54) is 47.8 Å². The van der Waals surface area contributed by atoms with Crippen LogP contribution in [0.5, 0.6) is 0 Å². The van der Waals surface area contributed by atoms with Crippen LogP contribution in [-0.2, 0) is 0 Å². The molecule has 2 heterocycles. The van der Waals surface area contributed by atoms with Crippen molar-refractivity contribution in [3.8, 4) is 22.3 Å². The van der Waals surface area contributed by atoms with Crippen LogP contribution in [0.15, 0.2) is 180 Å². The van der Waals surface area contributed by atoms with E-state index in [4.69, 9.17) is 4.42 Å². The number of thiophene rings is 1. The molecular formula is C46H29NOS. The zero-order chi connectivity index (χ0) is 32.3. The highest BCUT2D eigenvalue weighted by Crippen LogP contribution is 2.42. The Morgan fingerprint density at radius 3 is 1.86 bits per heavy atom.